The van der Waals surface area contributed by atoms with E-state index in [9.17, 15) is 4.79 Å². The van der Waals surface area contributed by atoms with Gasteiger partial charge in [0.25, 0.3) is 5.91 Å². The van der Waals surface area contributed by atoms with Gasteiger partial charge in [-0.05, 0) is 24.1 Å². The number of nitrogens with one attached hydrogen (secondary N) is 1. The van der Waals surface area contributed by atoms with Crippen LogP contribution in [0.25, 0.3) is 10.9 Å². The molecule has 0 spiro atoms. The number of nitrogens with zero attached hydrogens (tertiary/aromatic N) is 4. The van der Waals surface area contributed by atoms with Crippen molar-refractivity contribution >= 4 is 16.8 Å². The molecule has 6 heteroatoms. The number of aromatic nitrogens is 4. The highest BCUT2D eigenvalue weighted by molar-refractivity contribution is 6.04. The average Bonchev–Trinajstić information content (AvgIpc) is 2.93. The normalized spacial score (nSPS) is 11.1. The average molecular weight is 309 g/mol. The van der Waals surface area contributed by atoms with Gasteiger partial charge >= 0.3 is 0 Å². The van der Waals surface area contributed by atoms with Crippen LogP contribution < -0.4 is 5.32 Å². The lowest BCUT2D eigenvalue weighted by Gasteiger charge is -2.08. The minimum absolute atomic E-state index is 0.206. The van der Waals surface area contributed by atoms with Crippen molar-refractivity contribution in [1.82, 2.24) is 25.1 Å². The van der Waals surface area contributed by atoms with E-state index in [0.29, 0.717) is 18.2 Å². The highest BCUT2D eigenvalue weighted by Gasteiger charge is 2.15. The molecule has 3 aromatic rings. The van der Waals surface area contributed by atoms with E-state index in [0.717, 1.165) is 22.2 Å². The first-order chi connectivity index (χ1) is 11.1. The zero-order valence-corrected chi connectivity index (χ0v) is 13.4. The van der Waals surface area contributed by atoms with Crippen molar-refractivity contribution in [3.05, 3.63) is 53.7 Å². The number of aryl methyl sites for hydroxylation is 1. The number of carbonyl (C=O) groups is 1. The van der Waals surface area contributed by atoms with Gasteiger partial charge in [0.1, 0.15) is 5.69 Å². The lowest BCUT2D eigenvalue weighted by atomic mass is 10.1. The number of pyridine rings is 2. The third kappa shape index (κ3) is 3.06. The Balaban J connectivity index is 1.82. The second kappa shape index (κ2) is 6.16. The van der Waals surface area contributed by atoms with Crippen molar-refractivity contribution in [2.45, 2.75) is 26.3 Å². The van der Waals surface area contributed by atoms with Gasteiger partial charge in [-0.15, -0.1) is 0 Å². The van der Waals surface area contributed by atoms with Gasteiger partial charge in [-0.1, -0.05) is 13.8 Å². The van der Waals surface area contributed by atoms with Crippen LogP contribution in [-0.2, 0) is 13.6 Å². The third-order valence-electron chi connectivity index (χ3n) is 3.67. The Hall–Kier alpha value is -2.76. The van der Waals surface area contributed by atoms with Crippen molar-refractivity contribution < 1.29 is 4.79 Å². The number of fused-ring (bicyclic) bond motifs is 1. The van der Waals surface area contributed by atoms with Crippen LogP contribution in [0.3, 0.4) is 0 Å². The largest absolute Gasteiger partial charge is 0.346 e. The van der Waals surface area contributed by atoms with Gasteiger partial charge in [-0.2, -0.15) is 5.10 Å². The van der Waals surface area contributed by atoms with Crippen LogP contribution >= 0.6 is 0 Å². The summed E-state index contributed by atoms with van der Waals surface area (Å²) in [4.78, 5) is 21.0. The van der Waals surface area contributed by atoms with Crippen LogP contribution in [0.4, 0.5) is 0 Å². The molecule has 1 N–H and O–H groups in total. The zero-order chi connectivity index (χ0) is 16.4. The topological polar surface area (TPSA) is 72.7 Å². The summed E-state index contributed by atoms with van der Waals surface area (Å²) in [6, 6.07) is 5.46. The maximum absolute atomic E-state index is 12.5. The SMILES string of the molecule is CC(C)c1nn(C)cc1CNC(=O)c1nccc2ncccc12. The quantitative estimate of drug-likeness (QED) is 0.803. The van der Waals surface area contributed by atoms with Gasteiger partial charge in [-0.25, -0.2) is 0 Å². The predicted octanol–water partition coefficient (Wildman–Crippen LogP) is 2.42. The number of rotatable bonds is 4. The van der Waals surface area contributed by atoms with Crippen LogP contribution in [0.1, 0.15) is 41.5 Å². The maximum atomic E-state index is 12.5. The van der Waals surface area contributed by atoms with E-state index in [2.05, 4.69) is 34.2 Å². The lowest BCUT2D eigenvalue weighted by molar-refractivity contribution is 0.0947. The minimum Gasteiger partial charge on any atom is -0.346 e. The van der Waals surface area contributed by atoms with E-state index in [1.165, 1.54) is 0 Å². The Morgan fingerprint density at radius 2 is 2.09 bits per heavy atom. The number of carbonyl (C=O) groups excluding carboxylic acids is 1. The van der Waals surface area contributed by atoms with Gasteiger partial charge in [0, 0.05) is 43.1 Å². The van der Waals surface area contributed by atoms with Crippen LogP contribution in [0.15, 0.2) is 36.8 Å². The van der Waals surface area contributed by atoms with Gasteiger partial charge in [0.05, 0.1) is 11.2 Å². The summed E-state index contributed by atoms with van der Waals surface area (Å²) in [5.74, 6) is 0.102. The van der Waals surface area contributed by atoms with E-state index >= 15 is 0 Å². The molecule has 0 atom stereocenters. The molecule has 3 heterocycles. The fourth-order valence-corrected chi connectivity index (χ4v) is 2.62. The number of hydrogen-bond donors (Lipinski definition) is 1. The molecule has 1 amide bonds. The molecule has 0 aliphatic carbocycles. The molecule has 0 radical (unpaired) electrons. The molecule has 6 nitrogen and oxygen atoms in total. The molecule has 3 rings (SSSR count). The monoisotopic (exact) mass is 309 g/mol. The first-order valence-corrected chi connectivity index (χ1v) is 7.56. The van der Waals surface area contributed by atoms with Gasteiger partial charge in [0.2, 0.25) is 0 Å². The Labute approximate surface area is 134 Å². The molecule has 0 bridgehead atoms. The van der Waals surface area contributed by atoms with Gasteiger partial charge in [-0.3, -0.25) is 19.4 Å². The molecule has 0 aliphatic rings. The first-order valence-electron chi connectivity index (χ1n) is 7.56. The predicted molar refractivity (Wildman–Crippen MR) is 88.0 cm³/mol. The number of amides is 1. The smallest absolute Gasteiger partial charge is 0.270 e. The molecule has 0 fully saturated rings. The molecule has 23 heavy (non-hydrogen) atoms. The van der Waals surface area contributed by atoms with Crippen molar-refractivity contribution in [3.8, 4) is 0 Å². The standard InChI is InChI=1S/C17H19N5O/c1-11(2)15-12(10-22(3)21-15)9-20-17(23)16-13-5-4-7-18-14(13)6-8-19-16/h4-8,10-11H,9H2,1-3H3,(H,20,23). The lowest BCUT2D eigenvalue weighted by Crippen LogP contribution is -2.24. The number of hydrogen-bond acceptors (Lipinski definition) is 4. The summed E-state index contributed by atoms with van der Waals surface area (Å²) in [6.45, 7) is 4.61. The fraction of sp³-hybridized carbons (Fsp3) is 0.294. The Kier molecular flexibility index (Phi) is 4.06. The highest BCUT2D eigenvalue weighted by atomic mass is 16.1. The van der Waals surface area contributed by atoms with Crippen LogP contribution in [0.5, 0.6) is 0 Å². The van der Waals surface area contributed by atoms with Crippen LogP contribution in [0, 0.1) is 0 Å². The molecule has 0 saturated heterocycles. The minimum atomic E-state index is -0.206. The van der Waals surface area contributed by atoms with E-state index in [4.69, 9.17) is 0 Å². The molecule has 0 unspecified atom stereocenters. The van der Waals surface area contributed by atoms with Crippen LogP contribution in [-0.4, -0.2) is 25.7 Å². The van der Waals surface area contributed by atoms with Gasteiger partial charge < -0.3 is 5.32 Å². The van der Waals surface area contributed by atoms with E-state index in [1.807, 2.05) is 19.3 Å². The summed E-state index contributed by atoms with van der Waals surface area (Å²) in [7, 11) is 1.88. The molecule has 118 valence electrons. The second-order valence-electron chi connectivity index (χ2n) is 5.78. The fourth-order valence-electron chi connectivity index (χ4n) is 2.62. The Morgan fingerprint density at radius 1 is 1.26 bits per heavy atom. The first kappa shape index (κ1) is 15.1. The van der Waals surface area contributed by atoms with Crippen molar-refractivity contribution in [2.24, 2.45) is 7.05 Å². The van der Waals surface area contributed by atoms with Crippen molar-refractivity contribution in [2.75, 3.05) is 0 Å². The molecular formula is C17H19N5O. The van der Waals surface area contributed by atoms with E-state index < -0.39 is 0 Å². The van der Waals surface area contributed by atoms with E-state index in [1.54, 1.807) is 29.2 Å². The summed E-state index contributed by atoms with van der Waals surface area (Å²) in [6.07, 6.45) is 5.25. The Morgan fingerprint density at radius 3 is 2.87 bits per heavy atom. The summed E-state index contributed by atoms with van der Waals surface area (Å²) in [5, 5.41) is 8.14. The second-order valence-corrected chi connectivity index (χ2v) is 5.78. The summed E-state index contributed by atoms with van der Waals surface area (Å²) < 4.78 is 1.77. The van der Waals surface area contributed by atoms with Crippen molar-refractivity contribution in [1.29, 1.82) is 0 Å². The molecule has 0 aliphatic heterocycles. The summed E-state index contributed by atoms with van der Waals surface area (Å²) >= 11 is 0. The van der Waals surface area contributed by atoms with Crippen LogP contribution in [0.2, 0.25) is 0 Å². The van der Waals surface area contributed by atoms with Gasteiger partial charge in [0.15, 0.2) is 0 Å². The zero-order valence-electron chi connectivity index (χ0n) is 13.4. The molecule has 0 aromatic carbocycles. The Bertz CT molecular complexity index is 848. The molecular weight excluding hydrogens is 290 g/mol. The molecule has 3 aromatic heterocycles. The van der Waals surface area contributed by atoms with Crippen molar-refractivity contribution in [3.63, 3.8) is 0 Å². The summed E-state index contributed by atoms with van der Waals surface area (Å²) in [5.41, 5.74) is 3.18. The highest BCUT2D eigenvalue weighted by Crippen LogP contribution is 2.18. The maximum Gasteiger partial charge on any atom is 0.270 e. The van der Waals surface area contributed by atoms with E-state index in [-0.39, 0.29) is 5.91 Å². The third-order valence-corrected chi connectivity index (χ3v) is 3.67. The molecule has 0 saturated carbocycles.